The first-order valence-corrected chi connectivity index (χ1v) is 7.45. The fourth-order valence-corrected chi connectivity index (χ4v) is 3.10. The number of benzene rings is 1. The van der Waals surface area contributed by atoms with Crippen LogP contribution in [0.1, 0.15) is 12.8 Å². The molecule has 1 aliphatic rings. The second kappa shape index (κ2) is 5.39. The number of rotatable bonds is 7. The zero-order valence-corrected chi connectivity index (χ0v) is 11.4. The van der Waals surface area contributed by atoms with Gasteiger partial charge in [0.1, 0.15) is 5.75 Å². The van der Waals surface area contributed by atoms with Crippen molar-refractivity contribution in [1.82, 2.24) is 4.72 Å². The molecule has 8 heteroatoms. The van der Waals surface area contributed by atoms with Crippen LogP contribution in [0.15, 0.2) is 29.2 Å². The molecule has 0 unspecified atom stereocenters. The first-order chi connectivity index (χ1) is 9.37. The fraction of sp³-hybridized carbons (Fsp3) is 0.417. The number of carbonyl (C=O) groups is 1. The van der Waals surface area contributed by atoms with Gasteiger partial charge in [-0.2, -0.15) is 0 Å². The minimum Gasteiger partial charge on any atom is -0.482 e. The summed E-state index contributed by atoms with van der Waals surface area (Å²) in [5, 5.41) is 17.6. The lowest BCUT2D eigenvalue weighted by molar-refractivity contribution is -0.139. The Morgan fingerprint density at radius 3 is 2.35 bits per heavy atom. The van der Waals surface area contributed by atoms with E-state index in [9.17, 15) is 13.2 Å². The summed E-state index contributed by atoms with van der Waals surface area (Å²) in [6.07, 6.45) is 1.23. The molecule has 1 saturated carbocycles. The van der Waals surface area contributed by atoms with Crippen molar-refractivity contribution in [2.75, 3.05) is 13.2 Å². The monoisotopic (exact) mass is 301 g/mol. The molecule has 0 heterocycles. The van der Waals surface area contributed by atoms with Crippen molar-refractivity contribution in [2.24, 2.45) is 0 Å². The maximum Gasteiger partial charge on any atom is 0.341 e. The molecular formula is C12H15NO6S. The maximum absolute atomic E-state index is 12.1. The van der Waals surface area contributed by atoms with Gasteiger partial charge in [-0.05, 0) is 37.1 Å². The number of aliphatic hydroxyl groups excluding tert-OH is 1. The molecule has 0 radical (unpaired) electrons. The van der Waals surface area contributed by atoms with E-state index in [-0.39, 0.29) is 17.3 Å². The summed E-state index contributed by atoms with van der Waals surface area (Å²) < 4.78 is 31.5. The van der Waals surface area contributed by atoms with Crippen LogP contribution in [0.25, 0.3) is 0 Å². The van der Waals surface area contributed by atoms with Crippen LogP contribution in [0, 0.1) is 0 Å². The molecule has 0 amide bonds. The van der Waals surface area contributed by atoms with Crippen LogP contribution >= 0.6 is 0 Å². The molecule has 7 nitrogen and oxygen atoms in total. The normalized spacial score (nSPS) is 16.6. The summed E-state index contributed by atoms with van der Waals surface area (Å²) in [7, 11) is -3.70. The summed E-state index contributed by atoms with van der Waals surface area (Å²) >= 11 is 0. The van der Waals surface area contributed by atoms with E-state index in [1.54, 1.807) is 0 Å². The summed E-state index contributed by atoms with van der Waals surface area (Å²) in [5.74, 6) is -0.836. The van der Waals surface area contributed by atoms with Gasteiger partial charge in [0.15, 0.2) is 6.61 Å². The summed E-state index contributed by atoms with van der Waals surface area (Å²) in [6.45, 7) is -0.718. The molecule has 1 fully saturated rings. The van der Waals surface area contributed by atoms with E-state index in [4.69, 9.17) is 14.9 Å². The Labute approximate surface area is 116 Å². The second-order valence-corrected chi connectivity index (χ2v) is 6.38. The van der Waals surface area contributed by atoms with Gasteiger partial charge in [0.2, 0.25) is 10.0 Å². The molecule has 0 bridgehead atoms. The highest BCUT2D eigenvalue weighted by Crippen LogP contribution is 2.36. The molecular weight excluding hydrogens is 286 g/mol. The van der Waals surface area contributed by atoms with E-state index in [0.29, 0.717) is 12.8 Å². The third-order valence-corrected chi connectivity index (χ3v) is 4.60. The third kappa shape index (κ3) is 3.47. The van der Waals surface area contributed by atoms with Gasteiger partial charge in [0, 0.05) is 0 Å². The summed E-state index contributed by atoms with van der Waals surface area (Å²) in [4.78, 5) is 10.4. The average Bonchev–Trinajstić information content (AvgIpc) is 3.16. The van der Waals surface area contributed by atoms with Crippen LogP contribution in [0.4, 0.5) is 0 Å². The molecule has 20 heavy (non-hydrogen) atoms. The zero-order chi connectivity index (χ0) is 14.8. The highest BCUT2D eigenvalue weighted by Gasteiger charge is 2.45. The van der Waals surface area contributed by atoms with Crippen LogP contribution in [0.2, 0.25) is 0 Å². The van der Waals surface area contributed by atoms with Gasteiger partial charge in [0.25, 0.3) is 0 Å². The number of aliphatic hydroxyl groups is 1. The van der Waals surface area contributed by atoms with E-state index < -0.39 is 28.1 Å². The summed E-state index contributed by atoms with van der Waals surface area (Å²) in [6, 6.07) is 5.42. The molecule has 0 spiro atoms. The van der Waals surface area contributed by atoms with Crippen molar-refractivity contribution < 1.29 is 28.2 Å². The van der Waals surface area contributed by atoms with Gasteiger partial charge in [-0.25, -0.2) is 17.9 Å². The number of hydrogen-bond donors (Lipinski definition) is 3. The number of nitrogens with one attached hydrogen (secondary N) is 1. The minimum absolute atomic E-state index is 0.0416. The Morgan fingerprint density at radius 1 is 1.30 bits per heavy atom. The SMILES string of the molecule is O=C(O)COc1ccc(S(=O)(=O)NC2(CO)CC2)cc1. The van der Waals surface area contributed by atoms with Gasteiger partial charge in [-0.3, -0.25) is 0 Å². The van der Waals surface area contributed by atoms with Crippen LogP contribution in [-0.4, -0.2) is 43.4 Å². The number of carboxylic acid groups (broad SMARTS) is 1. The van der Waals surface area contributed by atoms with Gasteiger partial charge in [0.05, 0.1) is 17.0 Å². The zero-order valence-electron chi connectivity index (χ0n) is 10.6. The van der Waals surface area contributed by atoms with Crippen molar-refractivity contribution in [2.45, 2.75) is 23.3 Å². The van der Waals surface area contributed by atoms with Crippen molar-refractivity contribution in [1.29, 1.82) is 0 Å². The molecule has 110 valence electrons. The number of sulfonamides is 1. The highest BCUT2D eigenvalue weighted by atomic mass is 32.2. The highest BCUT2D eigenvalue weighted by molar-refractivity contribution is 7.89. The Bertz CT molecular complexity index is 591. The van der Waals surface area contributed by atoms with E-state index in [2.05, 4.69) is 4.72 Å². The topological polar surface area (TPSA) is 113 Å². The Morgan fingerprint density at radius 2 is 1.90 bits per heavy atom. The smallest absolute Gasteiger partial charge is 0.341 e. The first kappa shape index (κ1) is 14.8. The van der Waals surface area contributed by atoms with Gasteiger partial charge >= 0.3 is 5.97 Å². The lowest BCUT2D eigenvalue weighted by Gasteiger charge is -2.14. The predicted octanol–water partition coefficient (Wildman–Crippen LogP) is -0.0468. The number of hydrogen-bond acceptors (Lipinski definition) is 5. The quantitative estimate of drug-likeness (QED) is 0.651. The van der Waals surface area contributed by atoms with Crippen LogP contribution < -0.4 is 9.46 Å². The molecule has 1 aliphatic carbocycles. The predicted molar refractivity (Wildman–Crippen MR) is 68.9 cm³/mol. The molecule has 1 aromatic carbocycles. The van der Waals surface area contributed by atoms with E-state index in [0.717, 1.165) is 0 Å². The molecule has 2 rings (SSSR count). The van der Waals surface area contributed by atoms with E-state index in [1.807, 2.05) is 0 Å². The Kier molecular flexibility index (Phi) is 3.98. The molecule has 0 saturated heterocycles. The lowest BCUT2D eigenvalue weighted by Crippen LogP contribution is -2.39. The van der Waals surface area contributed by atoms with Crippen LogP contribution in [0.3, 0.4) is 0 Å². The van der Waals surface area contributed by atoms with Gasteiger partial charge < -0.3 is 14.9 Å². The first-order valence-electron chi connectivity index (χ1n) is 5.96. The number of ether oxygens (including phenoxy) is 1. The third-order valence-electron chi connectivity index (χ3n) is 3.00. The molecule has 0 aromatic heterocycles. The van der Waals surface area contributed by atoms with Crippen molar-refractivity contribution >= 4 is 16.0 Å². The van der Waals surface area contributed by atoms with Gasteiger partial charge in [-0.15, -0.1) is 0 Å². The van der Waals surface area contributed by atoms with Crippen molar-refractivity contribution in [3.63, 3.8) is 0 Å². The number of carboxylic acids is 1. The van der Waals surface area contributed by atoms with Crippen molar-refractivity contribution in [3.8, 4) is 5.75 Å². The molecule has 1 aromatic rings. The molecule has 0 aliphatic heterocycles. The molecule has 0 atom stereocenters. The van der Waals surface area contributed by atoms with Crippen LogP contribution in [-0.2, 0) is 14.8 Å². The minimum atomic E-state index is -3.70. The standard InChI is InChI=1S/C12H15NO6S/c14-8-12(5-6-12)13-20(17,18)10-3-1-9(2-4-10)19-7-11(15)16/h1-4,13-14H,5-8H2,(H,15,16). The van der Waals surface area contributed by atoms with E-state index >= 15 is 0 Å². The summed E-state index contributed by atoms with van der Waals surface area (Å²) in [5.41, 5.74) is -0.725. The maximum atomic E-state index is 12.1. The van der Waals surface area contributed by atoms with Crippen LogP contribution in [0.5, 0.6) is 5.75 Å². The lowest BCUT2D eigenvalue weighted by atomic mass is 10.3. The fourth-order valence-electron chi connectivity index (χ4n) is 1.65. The Hall–Kier alpha value is -1.64. The van der Waals surface area contributed by atoms with E-state index in [1.165, 1.54) is 24.3 Å². The Balaban J connectivity index is 2.07. The largest absolute Gasteiger partial charge is 0.482 e. The average molecular weight is 301 g/mol. The molecule has 3 N–H and O–H groups in total. The van der Waals surface area contributed by atoms with Crippen molar-refractivity contribution in [3.05, 3.63) is 24.3 Å². The van der Waals surface area contributed by atoms with Gasteiger partial charge in [-0.1, -0.05) is 0 Å². The number of aliphatic carboxylic acids is 1. The second-order valence-electron chi connectivity index (χ2n) is 4.70.